The summed E-state index contributed by atoms with van der Waals surface area (Å²) in [6.07, 6.45) is 3.57. The average Bonchev–Trinajstić information content (AvgIpc) is 3.04. The first-order valence-corrected chi connectivity index (χ1v) is 7.97. The van der Waals surface area contributed by atoms with Crippen molar-refractivity contribution in [2.24, 2.45) is 5.84 Å². The van der Waals surface area contributed by atoms with Crippen LogP contribution in [0.5, 0.6) is 0 Å². The number of hydrogen-bond acceptors (Lipinski definition) is 5. The SMILES string of the molecule is CCc1nn(CC)c(CC(NN)c2cncs2)c1Br. The molecule has 0 fully saturated rings. The first-order valence-electron chi connectivity index (χ1n) is 6.29. The van der Waals surface area contributed by atoms with Crippen molar-refractivity contribution >= 4 is 27.3 Å². The van der Waals surface area contributed by atoms with Crippen LogP contribution in [0.3, 0.4) is 0 Å². The number of nitrogens with zero attached hydrogens (tertiary/aromatic N) is 3. The van der Waals surface area contributed by atoms with Gasteiger partial charge < -0.3 is 0 Å². The summed E-state index contributed by atoms with van der Waals surface area (Å²) in [6.45, 7) is 5.06. The normalized spacial score (nSPS) is 12.8. The quantitative estimate of drug-likeness (QED) is 0.624. The highest BCUT2D eigenvalue weighted by molar-refractivity contribution is 9.10. The van der Waals surface area contributed by atoms with E-state index in [4.69, 9.17) is 5.84 Å². The lowest BCUT2D eigenvalue weighted by Crippen LogP contribution is -2.29. The number of thiazole rings is 1. The Balaban J connectivity index is 2.29. The van der Waals surface area contributed by atoms with Crippen LogP contribution in [0.25, 0.3) is 0 Å². The summed E-state index contributed by atoms with van der Waals surface area (Å²) < 4.78 is 3.13. The zero-order valence-corrected chi connectivity index (χ0v) is 13.5. The highest BCUT2D eigenvalue weighted by Crippen LogP contribution is 2.28. The van der Waals surface area contributed by atoms with E-state index in [2.05, 4.69) is 45.3 Å². The van der Waals surface area contributed by atoms with E-state index in [1.54, 1.807) is 11.3 Å². The van der Waals surface area contributed by atoms with Crippen LogP contribution in [-0.2, 0) is 19.4 Å². The molecule has 2 rings (SSSR count). The molecule has 0 aliphatic carbocycles. The number of hydrogen-bond donors (Lipinski definition) is 2. The van der Waals surface area contributed by atoms with E-state index < -0.39 is 0 Å². The minimum atomic E-state index is 0.0653. The van der Waals surface area contributed by atoms with Crippen molar-refractivity contribution in [3.05, 3.63) is 32.4 Å². The zero-order valence-electron chi connectivity index (χ0n) is 11.1. The molecule has 0 saturated heterocycles. The Morgan fingerprint density at radius 3 is 2.84 bits per heavy atom. The van der Waals surface area contributed by atoms with Gasteiger partial charge in [-0.3, -0.25) is 20.9 Å². The molecular formula is C12H18BrN5S. The van der Waals surface area contributed by atoms with Crippen LogP contribution in [0, 0.1) is 0 Å². The third kappa shape index (κ3) is 3.05. The molecule has 2 heterocycles. The molecule has 0 spiro atoms. The number of nitrogens with two attached hydrogens (primary N) is 1. The third-order valence-corrected chi connectivity index (χ3v) is 4.89. The Morgan fingerprint density at radius 2 is 2.32 bits per heavy atom. The molecule has 1 unspecified atom stereocenters. The number of halogens is 1. The first-order chi connectivity index (χ1) is 9.21. The summed E-state index contributed by atoms with van der Waals surface area (Å²) in [5, 5.41) is 4.60. The summed E-state index contributed by atoms with van der Waals surface area (Å²) in [6, 6.07) is 0.0653. The van der Waals surface area contributed by atoms with Crippen LogP contribution < -0.4 is 11.3 Å². The molecule has 7 heteroatoms. The van der Waals surface area contributed by atoms with Crippen LogP contribution >= 0.6 is 27.3 Å². The molecule has 19 heavy (non-hydrogen) atoms. The van der Waals surface area contributed by atoms with E-state index in [-0.39, 0.29) is 6.04 Å². The van der Waals surface area contributed by atoms with Crippen molar-refractivity contribution in [3.8, 4) is 0 Å². The van der Waals surface area contributed by atoms with Gasteiger partial charge in [0.2, 0.25) is 0 Å². The third-order valence-electron chi connectivity index (χ3n) is 3.09. The maximum Gasteiger partial charge on any atom is 0.0794 e. The molecule has 0 aliphatic rings. The number of hydrazine groups is 1. The lowest BCUT2D eigenvalue weighted by Gasteiger charge is -2.15. The van der Waals surface area contributed by atoms with Crippen molar-refractivity contribution in [2.75, 3.05) is 0 Å². The average molecular weight is 344 g/mol. The first kappa shape index (κ1) is 14.6. The van der Waals surface area contributed by atoms with Gasteiger partial charge in [0.15, 0.2) is 0 Å². The fraction of sp³-hybridized carbons (Fsp3) is 0.500. The van der Waals surface area contributed by atoms with E-state index in [0.717, 1.165) is 34.4 Å². The Morgan fingerprint density at radius 1 is 1.53 bits per heavy atom. The molecule has 0 aliphatic heterocycles. The Bertz CT molecular complexity index is 522. The number of aryl methyl sites for hydroxylation is 2. The summed E-state index contributed by atoms with van der Waals surface area (Å²) in [5.41, 5.74) is 6.96. The summed E-state index contributed by atoms with van der Waals surface area (Å²) >= 11 is 5.27. The Labute approximate surface area is 125 Å². The minimum Gasteiger partial charge on any atom is -0.271 e. The predicted octanol–water partition coefficient (Wildman–Crippen LogP) is 2.43. The van der Waals surface area contributed by atoms with Crippen molar-refractivity contribution < 1.29 is 0 Å². The molecule has 2 aromatic heterocycles. The molecule has 5 nitrogen and oxygen atoms in total. The molecule has 1 atom stereocenters. The summed E-state index contributed by atoms with van der Waals surface area (Å²) in [7, 11) is 0. The second-order valence-electron chi connectivity index (χ2n) is 4.20. The van der Waals surface area contributed by atoms with Crippen LogP contribution in [0.4, 0.5) is 0 Å². The molecule has 0 aromatic carbocycles. The largest absolute Gasteiger partial charge is 0.271 e. The lowest BCUT2D eigenvalue weighted by molar-refractivity contribution is 0.521. The molecular weight excluding hydrogens is 326 g/mol. The molecule has 2 aromatic rings. The van der Waals surface area contributed by atoms with Crippen molar-refractivity contribution in [1.29, 1.82) is 0 Å². The van der Waals surface area contributed by atoms with Crippen LogP contribution in [0.1, 0.15) is 36.2 Å². The molecule has 3 N–H and O–H groups in total. The van der Waals surface area contributed by atoms with Crippen molar-refractivity contribution in [2.45, 2.75) is 39.3 Å². The van der Waals surface area contributed by atoms with Crippen LogP contribution in [0.15, 0.2) is 16.2 Å². The van der Waals surface area contributed by atoms with Crippen LogP contribution in [-0.4, -0.2) is 14.8 Å². The molecule has 0 amide bonds. The molecule has 104 valence electrons. The molecule has 0 bridgehead atoms. The van der Waals surface area contributed by atoms with Gasteiger partial charge in [0.25, 0.3) is 0 Å². The van der Waals surface area contributed by atoms with Gasteiger partial charge in [-0.25, -0.2) is 0 Å². The summed E-state index contributed by atoms with van der Waals surface area (Å²) in [4.78, 5) is 5.24. The van der Waals surface area contributed by atoms with E-state index in [1.165, 1.54) is 5.69 Å². The van der Waals surface area contributed by atoms with E-state index in [0.29, 0.717) is 0 Å². The molecule has 0 saturated carbocycles. The van der Waals surface area contributed by atoms with Gasteiger partial charge in [-0.15, -0.1) is 11.3 Å². The standard InChI is InChI=1S/C12H18BrN5S/c1-3-8-12(13)10(18(4-2)17-8)5-9(16-14)11-6-15-7-19-11/h6-7,9,16H,3-5,14H2,1-2H3. The Hall–Kier alpha value is -0.760. The predicted molar refractivity (Wildman–Crippen MR) is 80.9 cm³/mol. The van der Waals surface area contributed by atoms with Gasteiger partial charge in [-0.2, -0.15) is 5.10 Å². The highest BCUT2D eigenvalue weighted by Gasteiger charge is 2.19. The van der Waals surface area contributed by atoms with Crippen molar-refractivity contribution in [3.63, 3.8) is 0 Å². The van der Waals surface area contributed by atoms with Gasteiger partial charge >= 0.3 is 0 Å². The number of nitrogens with one attached hydrogen (secondary N) is 1. The second kappa shape index (κ2) is 6.60. The van der Waals surface area contributed by atoms with E-state index in [9.17, 15) is 0 Å². The van der Waals surface area contributed by atoms with E-state index >= 15 is 0 Å². The van der Waals surface area contributed by atoms with Crippen LogP contribution in [0.2, 0.25) is 0 Å². The maximum atomic E-state index is 5.68. The van der Waals surface area contributed by atoms with Gasteiger partial charge in [0.1, 0.15) is 0 Å². The maximum absolute atomic E-state index is 5.68. The highest BCUT2D eigenvalue weighted by atomic mass is 79.9. The number of aromatic nitrogens is 3. The topological polar surface area (TPSA) is 68.8 Å². The zero-order chi connectivity index (χ0) is 13.8. The molecule has 0 radical (unpaired) electrons. The smallest absolute Gasteiger partial charge is 0.0794 e. The van der Waals surface area contributed by atoms with Crippen molar-refractivity contribution in [1.82, 2.24) is 20.2 Å². The Kier molecular flexibility index (Phi) is 5.09. The lowest BCUT2D eigenvalue weighted by atomic mass is 10.1. The van der Waals surface area contributed by atoms with E-state index in [1.807, 2.05) is 16.4 Å². The fourth-order valence-electron chi connectivity index (χ4n) is 2.05. The van der Waals surface area contributed by atoms with Gasteiger partial charge in [-0.05, 0) is 29.3 Å². The van der Waals surface area contributed by atoms with Gasteiger partial charge in [0, 0.05) is 24.0 Å². The van der Waals surface area contributed by atoms with Gasteiger partial charge in [0.05, 0.1) is 27.4 Å². The fourth-order valence-corrected chi connectivity index (χ4v) is 3.45. The minimum absolute atomic E-state index is 0.0653. The van der Waals surface area contributed by atoms with Gasteiger partial charge in [-0.1, -0.05) is 6.92 Å². The second-order valence-corrected chi connectivity index (χ2v) is 5.91. The monoisotopic (exact) mass is 343 g/mol. The number of rotatable bonds is 6. The summed E-state index contributed by atoms with van der Waals surface area (Å²) in [5.74, 6) is 5.68.